The van der Waals surface area contributed by atoms with Gasteiger partial charge in [0.15, 0.2) is 5.75 Å². The molecular weight excluding hydrogens is 301 g/mol. The minimum atomic E-state index is -0.289. The maximum absolute atomic E-state index is 13.6. The van der Waals surface area contributed by atoms with Gasteiger partial charge in [-0.15, -0.1) is 0 Å². The van der Waals surface area contributed by atoms with Crippen molar-refractivity contribution in [3.63, 3.8) is 0 Å². The van der Waals surface area contributed by atoms with Gasteiger partial charge in [0.2, 0.25) is 0 Å². The normalized spacial score (nSPS) is 10.7. The van der Waals surface area contributed by atoms with E-state index in [1.807, 2.05) is 66.7 Å². The predicted molar refractivity (Wildman–Crippen MR) is 93.7 cm³/mol. The number of para-hydroxylation sites is 1. The monoisotopic (exact) mass is 315 g/mol. The maximum atomic E-state index is 13.6. The molecule has 0 spiro atoms. The highest BCUT2D eigenvalue weighted by atomic mass is 19.1. The zero-order chi connectivity index (χ0) is 16.4. The maximum Gasteiger partial charge on any atom is 0.154 e. The number of hydrogen-bond donors (Lipinski definition) is 0. The van der Waals surface area contributed by atoms with Gasteiger partial charge in [-0.05, 0) is 36.4 Å². The second-order valence-corrected chi connectivity index (χ2v) is 5.45. The second kappa shape index (κ2) is 6.13. The molecule has 0 aliphatic rings. The van der Waals surface area contributed by atoms with Gasteiger partial charge in [-0.25, -0.2) is 9.37 Å². The third-order valence-corrected chi connectivity index (χ3v) is 3.76. The predicted octanol–water partition coefficient (Wildman–Crippen LogP) is 5.83. The lowest BCUT2D eigenvalue weighted by atomic mass is 10.1. The number of pyridine rings is 1. The molecule has 2 nitrogen and oxygen atoms in total. The minimum Gasteiger partial charge on any atom is -0.455 e. The summed E-state index contributed by atoms with van der Waals surface area (Å²) in [5.74, 6) is 1.03. The fourth-order valence-corrected chi connectivity index (χ4v) is 2.62. The van der Waals surface area contributed by atoms with E-state index in [4.69, 9.17) is 9.72 Å². The van der Waals surface area contributed by atoms with Crippen LogP contribution in [0.1, 0.15) is 0 Å². The van der Waals surface area contributed by atoms with Gasteiger partial charge in [-0.2, -0.15) is 0 Å². The van der Waals surface area contributed by atoms with Crippen LogP contribution in [0.3, 0.4) is 0 Å². The summed E-state index contributed by atoms with van der Waals surface area (Å²) in [5.41, 5.74) is 2.42. The SMILES string of the molecule is Fc1ccc2nc(-c3ccccc3)c(Oc3ccccc3)cc2c1. The van der Waals surface area contributed by atoms with E-state index in [1.54, 1.807) is 6.07 Å². The van der Waals surface area contributed by atoms with Gasteiger partial charge in [0, 0.05) is 10.9 Å². The summed E-state index contributed by atoms with van der Waals surface area (Å²) in [6.07, 6.45) is 0. The highest BCUT2D eigenvalue weighted by Gasteiger charge is 2.12. The molecule has 0 saturated carbocycles. The minimum absolute atomic E-state index is 0.289. The molecule has 0 N–H and O–H groups in total. The van der Waals surface area contributed by atoms with E-state index in [0.717, 1.165) is 16.8 Å². The molecule has 0 atom stereocenters. The van der Waals surface area contributed by atoms with Crippen molar-refractivity contribution < 1.29 is 9.13 Å². The number of nitrogens with zero attached hydrogens (tertiary/aromatic N) is 1. The van der Waals surface area contributed by atoms with Crippen molar-refractivity contribution in [1.29, 1.82) is 0 Å². The Labute approximate surface area is 139 Å². The van der Waals surface area contributed by atoms with E-state index in [1.165, 1.54) is 12.1 Å². The van der Waals surface area contributed by atoms with Crippen molar-refractivity contribution in [2.24, 2.45) is 0 Å². The topological polar surface area (TPSA) is 22.1 Å². The van der Waals surface area contributed by atoms with Gasteiger partial charge >= 0.3 is 0 Å². The summed E-state index contributed by atoms with van der Waals surface area (Å²) in [4.78, 5) is 4.69. The van der Waals surface area contributed by atoms with Crippen molar-refractivity contribution in [3.05, 3.63) is 90.7 Å². The van der Waals surface area contributed by atoms with Crippen molar-refractivity contribution in [2.45, 2.75) is 0 Å². The molecule has 0 bridgehead atoms. The van der Waals surface area contributed by atoms with Gasteiger partial charge in [-0.3, -0.25) is 0 Å². The summed E-state index contributed by atoms with van der Waals surface area (Å²) in [7, 11) is 0. The average molecular weight is 315 g/mol. The quantitative estimate of drug-likeness (QED) is 0.474. The number of ether oxygens (including phenoxy) is 1. The fourth-order valence-electron chi connectivity index (χ4n) is 2.62. The van der Waals surface area contributed by atoms with Gasteiger partial charge < -0.3 is 4.74 Å². The average Bonchev–Trinajstić information content (AvgIpc) is 2.63. The van der Waals surface area contributed by atoms with Gasteiger partial charge in [0.05, 0.1) is 5.52 Å². The summed E-state index contributed by atoms with van der Waals surface area (Å²) in [5, 5.41) is 0.709. The van der Waals surface area contributed by atoms with Crippen LogP contribution < -0.4 is 4.74 Å². The van der Waals surface area contributed by atoms with Crippen molar-refractivity contribution in [1.82, 2.24) is 4.98 Å². The van der Waals surface area contributed by atoms with Crippen LogP contribution in [0.4, 0.5) is 4.39 Å². The van der Waals surface area contributed by atoms with Gasteiger partial charge in [0.1, 0.15) is 17.3 Å². The van der Waals surface area contributed by atoms with Gasteiger partial charge in [0.25, 0.3) is 0 Å². The Balaban J connectivity index is 1.90. The second-order valence-electron chi connectivity index (χ2n) is 5.45. The van der Waals surface area contributed by atoms with Crippen LogP contribution in [0.2, 0.25) is 0 Å². The largest absolute Gasteiger partial charge is 0.455 e. The lowest BCUT2D eigenvalue weighted by molar-refractivity contribution is 0.483. The highest BCUT2D eigenvalue weighted by molar-refractivity contribution is 5.85. The molecule has 0 fully saturated rings. The molecule has 1 heterocycles. The molecule has 0 aliphatic carbocycles. The third-order valence-electron chi connectivity index (χ3n) is 3.76. The van der Waals surface area contributed by atoms with Crippen LogP contribution in [0, 0.1) is 5.82 Å². The molecule has 3 heteroatoms. The molecule has 116 valence electrons. The molecule has 0 aliphatic heterocycles. The van der Waals surface area contributed by atoms with Crippen LogP contribution >= 0.6 is 0 Å². The zero-order valence-corrected chi connectivity index (χ0v) is 12.8. The van der Waals surface area contributed by atoms with Crippen LogP contribution in [-0.4, -0.2) is 4.98 Å². The number of halogens is 1. The Morgan fingerprint density at radius 1 is 0.750 bits per heavy atom. The fraction of sp³-hybridized carbons (Fsp3) is 0. The Morgan fingerprint density at radius 3 is 2.21 bits per heavy atom. The van der Waals surface area contributed by atoms with E-state index in [2.05, 4.69) is 0 Å². The van der Waals surface area contributed by atoms with Gasteiger partial charge in [-0.1, -0.05) is 48.5 Å². The molecule has 0 amide bonds. The Bertz CT molecular complexity index is 985. The lowest BCUT2D eigenvalue weighted by Gasteiger charge is -2.12. The molecule has 4 aromatic rings. The first kappa shape index (κ1) is 14.4. The van der Waals surface area contributed by atoms with Crippen molar-refractivity contribution in [3.8, 4) is 22.8 Å². The van der Waals surface area contributed by atoms with Crippen LogP contribution in [0.25, 0.3) is 22.2 Å². The molecule has 0 unspecified atom stereocenters. The molecule has 3 aromatic carbocycles. The van der Waals surface area contributed by atoms with Crippen LogP contribution in [-0.2, 0) is 0 Å². The number of aromatic nitrogens is 1. The lowest BCUT2D eigenvalue weighted by Crippen LogP contribution is -1.93. The van der Waals surface area contributed by atoms with Crippen LogP contribution in [0.5, 0.6) is 11.5 Å². The molecular formula is C21H14FNO. The van der Waals surface area contributed by atoms with Crippen molar-refractivity contribution in [2.75, 3.05) is 0 Å². The number of rotatable bonds is 3. The van der Waals surface area contributed by atoms with E-state index < -0.39 is 0 Å². The number of benzene rings is 3. The molecule has 1 aromatic heterocycles. The smallest absolute Gasteiger partial charge is 0.154 e. The number of fused-ring (bicyclic) bond motifs is 1. The standard InChI is InChI=1S/C21H14FNO/c22-17-11-12-19-16(13-17)14-20(24-18-9-5-2-6-10-18)21(23-19)15-7-3-1-4-8-15/h1-14H. The first-order valence-electron chi connectivity index (χ1n) is 7.68. The third kappa shape index (κ3) is 2.84. The summed E-state index contributed by atoms with van der Waals surface area (Å²) >= 11 is 0. The van der Waals surface area contributed by atoms with Crippen LogP contribution in [0.15, 0.2) is 84.9 Å². The van der Waals surface area contributed by atoms with E-state index in [-0.39, 0.29) is 5.82 Å². The Kier molecular flexibility index (Phi) is 3.67. The summed E-state index contributed by atoms with van der Waals surface area (Å²) in [6, 6.07) is 25.7. The first-order valence-corrected chi connectivity index (χ1v) is 7.68. The molecule has 0 radical (unpaired) electrons. The van der Waals surface area contributed by atoms with E-state index >= 15 is 0 Å². The Morgan fingerprint density at radius 2 is 1.46 bits per heavy atom. The van der Waals surface area contributed by atoms with Crippen molar-refractivity contribution >= 4 is 10.9 Å². The summed E-state index contributed by atoms with van der Waals surface area (Å²) in [6.45, 7) is 0. The first-order chi connectivity index (χ1) is 11.8. The molecule has 0 saturated heterocycles. The summed E-state index contributed by atoms with van der Waals surface area (Å²) < 4.78 is 19.6. The molecule has 24 heavy (non-hydrogen) atoms. The Hall–Kier alpha value is -3.20. The molecule has 4 rings (SSSR count). The highest BCUT2D eigenvalue weighted by Crippen LogP contribution is 2.34. The zero-order valence-electron chi connectivity index (χ0n) is 12.8. The number of hydrogen-bond acceptors (Lipinski definition) is 2. The van der Waals surface area contributed by atoms with E-state index in [9.17, 15) is 4.39 Å². The van der Waals surface area contributed by atoms with E-state index in [0.29, 0.717) is 16.9 Å².